The van der Waals surface area contributed by atoms with Crippen LogP contribution < -0.4 is 9.64 Å². The first-order chi connectivity index (χ1) is 22.6. The molecule has 228 valence electrons. The summed E-state index contributed by atoms with van der Waals surface area (Å²) in [5.41, 5.74) is 3.96. The summed E-state index contributed by atoms with van der Waals surface area (Å²) in [5, 5.41) is 23.2. The summed E-state index contributed by atoms with van der Waals surface area (Å²) >= 11 is 1.45. The van der Waals surface area contributed by atoms with Gasteiger partial charge in [0.15, 0.2) is 11.6 Å². The normalized spacial score (nSPS) is 13.6. The lowest BCUT2D eigenvalue weighted by molar-refractivity contribution is -0.384. The molecule has 3 aromatic carbocycles. The fraction of sp³-hybridized carbons (Fsp3) is 0.200. The van der Waals surface area contributed by atoms with Crippen LogP contribution in [0.3, 0.4) is 0 Å². The Kier molecular flexibility index (Phi) is 7.97. The largest absolute Gasteiger partial charge is 0.477 e. The van der Waals surface area contributed by atoms with E-state index in [0.29, 0.717) is 44.8 Å². The van der Waals surface area contributed by atoms with E-state index < -0.39 is 4.92 Å². The van der Waals surface area contributed by atoms with E-state index in [2.05, 4.69) is 40.1 Å². The summed E-state index contributed by atoms with van der Waals surface area (Å²) in [6.45, 7) is 6.16. The fourth-order valence-electron chi connectivity index (χ4n) is 5.99. The van der Waals surface area contributed by atoms with Crippen LogP contribution in [0.25, 0.3) is 42.9 Å². The standard InChI is InChI=1S/C35H29N7O3S/c1-2-45-34-26(21-36)28(24-13-7-4-8-14-24)29-30-31(46-35(29)39-34)33(38-32(37-30)25-15-9-10-16-27(25)42(43)44)41-19-17-40(18-20-41)22-23-11-5-3-6-12-23/h3-16H,2,17-20,22H2,1H3. The van der Waals surface area contributed by atoms with Crippen LogP contribution in [0.5, 0.6) is 5.88 Å². The zero-order valence-electron chi connectivity index (χ0n) is 25.1. The second-order valence-corrected chi connectivity index (χ2v) is 11.9. The quantitative estimate of drug-likeness (QED) is 0.129. The van der Waals surface area contributed by atoms with E-state index in [1.807, 2.05) is 43.3 Å². The minimum absolute atomic E-state index is 0.0715. The van der Waals surface area contributed by atoms with Crippen molar-refractivity contribution in [3.63, 3.8) is 0 Å². The van der Waals surface area contributed by atoms with Gasteiger partial charge in [-0.15, -0.1) is 11.3 Å². The zero-order chi connectivity index (χ0) is 31.6. The van der Waals surface area contributed by atoms with Crippen LogP contribution in [0.2, 0.25) is 0 Å². The van der Waals surface area contributed by atoms with Gasteiger partial charge < -0.3 is 9.64 Å². The maximum absolute atomic E-state index is 12.1. The summed E-state index contributed by atoms with van der Waals surface area (Å²) in [4.78, 5) is 31.9. The van der Waals surface area contributed by atoms with E-state index in [9.17, 15) is 15.4 Å². The van der Waals surface area contributed by atoms with E-state index in [1.165, 1.54) is 23.0 Å². The number of thiophene rings is 1. The Balaban J connectivity index is 1.44. The Hall–Kier alpha value is -5.44. The molecule has 0 atom stereocenters. The molecule has 0 unspecified atom stereocenters. The number of piperazine rings is 1. The molecule has 7 rings (SSSR count). The van der Waals surface area contributed by atoms with Crippen LogP contribution in [0.15, 0.2) is 84.9 Å². The third-order valence-corrected chi connectivity index (χ3v) is 9.20. The van der Waals surface area contributed by atoms with E-state index >= 15 is 0 Å². The molecule has 1 saturated heterocycles. The molecule has 1 aliphatic rings. The lowest BCUT2D eigenvalue weighted by Gasteiger charge is -2.35. The van der Waals surface area contributed by atoms with Gasteiger partial charge in [0.25, 0.3) is 5.69 Å². The minimum Gasteiger partial charge on any atom is -0.477 e. The number of ether oxygens (including phenoxy) is 1. The van der Waals surface area contributed by atoms with Crippen molar-refractivity contribution < 1.29 is 9.66 Å². The predicted molar refractivity (Wildman–Crippen MR) is 180 cm³/mol. The van der Waals surface area contributed by atoms with Crippen molar-refractivity contribution >= 4 is 43.3 Å². The monoisotopic (exact) mass is 627 g/mol. The van der Waals surface area contributed by atoms with Crippen LogP contribution in [-0.4, -0.2) is 57.6 Å². The summed E-state index contributed by atoms with van der Waals surface area (Å²) in [6.07, 6.45) is 0. The number of para-hydroxylation sites is 1. The van der Waals surface area contributed by atoms with Crippen LogP contribution in [0.1, 0.15) is 18.1 Å². The molecular weight excluding hydrogens is 598 g/mol. The molecule has 46 heavy (non-hydrogen) atoms. The third kappa shape index (κ3) is 5.38. The Morgan fingerprint density at radius 1 is 0.935 bits per heavy atom. The van der Waals surface area contributed by atoms with Crippen molar-refractivity contribution in [2.75, 3.05) is 37.7 Å². The molecule has 10 nitrogen and oxygen atoms in total. The second-order valence-electron chi connectivity index (χ2n) is 10.9. The summed E-state index contributed by atoms with van der Waals surface area (Å²) in [7, 11) is 0. The van der Waals surface area contributed by atoms with Crippen molar-refractivity contribution in [3.05, 3.63) is 106 Å². The van der Waals surface area contributed by atoms with Crippen molar-refractivity contribution in [2.45, 2.75) is 13.5 Å². The molecule has 0 amide bonds. The van der Waals surface area contributed by atoms with E-state index in [0.717, 1.165) is 43.0 Å². The summed E-state index contributed by atoms with van der Waals surface area (Å²) < 4.78 is 6.70. The molecule has 1 fully saturated rings. The number of hydrogen-bond acceptors (Lipinski definition) is 10. The van der Waals surface area contributed by atoms with Gasteiger partial charge in [0.2, 0.25) is 5.88 Å². The number of fused-ring (bicyclic) bond motifs is 3. The lowest BCUT2D eigenvalue weighted by Crippen LogP contribution is -2.46. The number of benzene rings is 3. The van der Waals surface area contributed by atoms with E-state index in [-0.39, 0.29) is 17.4 Å². The summed E-state index contributed by atoms with van der Waals surface area (Å²) in [5.74, 6) is 1.23. The van der Waals surface area contributed by atoms with Gasteiger partial charge in [-0.3, -0.25) is 15.0 Å². The molecule has 6 aromatic rings. The van der Waals surface area contributed by atoms with Gasteiger partial charge in [-0.25, -0.2) is 15.0 Å². The number of nitriles is 1. The van der Waals surface area contributed by atoms with E-state index in [4.69, 9.17) is 19.7 Å². The number of pyridine rings is 1. The Labute approximate surface area is 269 Å². The molecule has 0 N–H and O–H groups in total. The highest BCUT2D eigenvalue weighted by atomic mass is 32.1. The lowest BCUT2D eigenvalue weighted by atomic mass is 9.98. The molecule has 1 aliphatic heterocycles. The smallest absolute Gasteiger partial charge is 0.280 e. The average Bonchev–Trinajstić information content (AvgIpc) is 3.46. The molecule has 3 aromatic heterocycles. The van der Waals surface area contributed by atoms with Crippen LogP contribution in [-0.2, 0) is 6.54 Å². The molecule has 0 radical (unpaired) electrons. The number of nitro benzene ring substituents is 1. The van der Waals surface area contributed by atoms with Crippen molar-refractivity contribution in [3.8, 4) is 34.5 Å². The Morgan fingerprint density at radius 2 is 1.63 bits per heavy atom. The molecule has 0 spiro atoms. The van der Waals surface area contributed by atoms with Gasteiger partial charge in [0.1, 0.15) is 16.5 Å². The molecule has 0 saturated carbocycles. The van der Waals surface area contributed by atoms with Crippen molar-refractivity contribution in [1.29, 1.82) is 5.26 Å². The van der Waals surface area contributed by atoms with Gasteiger partial charge in [0.05, 0.1) is 27.3 Å². The van der Waals surface area contributed by atoms with Crippen LogP contribution >= 0.6 is 11.3 Å². The molecule has 4 heterocycles. The number of aromatic nitrogens is 3. The molecule has 11 heteroatoms. The maximum Gasteiger partial charge on any atom is 0.280 e. The average molecular weight is 628 g/mol. The van der Waals surface area contributed by atoms with Crippen molar-refractivity contribution in [2.24, 2.45) is 0 Å². The number of hydrogen-bond donors (Lipinski definition) is 0. The fourth-order valence-corrected chi connectivity index (χ4v) is 7.12. The van der Waals surface area contributed by atoms with Gasteiger partial charge in [0, 0.05) is 49.7 Å². The van der Waals surface area contributed by atoms with Crippen LogP contribution in [0.4, 0.5) is 11.5 Å². The molecular formula is C35H29N7O3S. The van der Waals surface area contributed by atoms with Gasteiger partial charge >= 0.3 is 0 Å². The topological polar surface area (TPSA) is 121 Å². The number of nitro groups is 1. The number of nitrogens with zero attached hydrogens (tertiary/aromatic N) is 7. The highest BCUT2D eigenvalue weighted by Crippen LogP contribution is 2.46. The highest BCUT2D eigenvalue weighted by molar-refractivity contribution is 7.26. The Bertz CT molecular complexity index is 2100. The maximum atomic E-state index is 12.1. The van der Waals surface area contributed by atoms with Crippen molar-refractivity contribution in [1.82, 2.24) is 19.9 Å². The predicted octanol–water partition coefficient (Wildman–Crippen LogP) is 7.07. The first-order valence-electron chi connectivity index (χ1n) is 15.1. The zero-order valence-corrected chi connectivity index (χ0v) is 25.9. The molecule has 0 bridgehead atoms. The first kappa shape index (κ1) is 29.3. The second kappa shape index (κ2) is 12.5. The highest BCUT2D eigenvalue weighted by Gasteiger charge is 2.29. The van der Waals surface area contributed by atoms with Gasteiger partial charge in [-0.1, -0.05) is 72.8 Å². The Morgan fingerprint density at radius 3 is 2.33 bits per heavy atom. The van der Waals surface area contributed by atoms with Crippen LogP contribution in [0, 0.1) is 21.4 Å². The number of anilines is 1. The summed E-state index contributed by atoms with van der Waals surface area (Å²) in [6, 6.07) is 29.0. The SMILES string of the molecule is CCOc1nc2sc3c(N4CCN(Cc5ccccc5)CC4)nc(-c4ccccc4[N+](=O)[O-])nc3c2c(-c2ccccc2)c1C#N. The third-order valence-electron chi connectivity index (χ3n) is 8.13. The minimum atomic E-state index is -0.407. The van der Waals surface area contributed by atoms with Gasteiger partial charge in [-0.05, 0) is 24.1 Å². The van der Waals surface area contributed by atoms with E-state index in [1.54, 1.807) is 18.2 Å². The van der Waals surface area contributed by atoms with Gasteiger partial charge in [-0.2, -0.15) is 5.26 Å². The first-order valence-corrected chi connectivity index (χ1v) is 15.9. The number of rotatable bonds is 8. The molecule has 0 aliphatic carbocycles.